The Kier molecular flexibility index (Phi) is 4.02. The zero-order valence-corrected chi connectivity index (χ0v) is 11.3. The van der Waals surface area contributed by atoms with Gasteiger partial charge in [0.25, 0.3) is 0 Å². The third-order valence-electron chi connectivity index (χ3n) is 2.46. The molecule has 6 heteroatoms. The van der Waals surface area contributed by atoms with Crippen LogP contribution in [0.1, 0.15) is 26.6 Å². The topological polar surface area (TPSA) is 52.0 Å². The van der Waals surface area contributed by atoms with Gasteiger partial charge in [-0.05, 0) is 20.8 Å². The summed E-state index contributed by atoms with van der Waals surface area (Å²) < 4.78 is 24.8. The zero-order valence-electron chi connectivity index (χ0n) is 9.77. The molecule has 0 atom stereocenters. The largest absolute Gasteiger partial charge is 0.333 e. The monoisotopic (exact) mass is 264 g/mol. The van der Waals surface area contributed by atoms with E-state index in [1.807, 2.05) is 0 Å². The summed E-state index contributed by atoms with van der Waals surface area (Å²) in [6.45, 7) is 5.53. The second-order valence-electron chi connectivity index (χ2n) is 4.60. The molecule has 0 aliphatic rings. The molecule has 0 aliphatic heterocycles. The molecule has 0 bridgehead atoms. The summed E-state index contributed by atoms with van der Waals surface area (Å²) in [7, 11) is -3.09. The van der Waals surface area contributed by atoms with E-state index < -0.39 is 14.6 Å². The number of aryl methyl sites for hydroxylation is 1. The first-order chi connectivity index (χ1) is 7.28. The molecule has 1 aromatic rings. The highest BCUT2D eigenvalue weighted by molar-refractivity contribution is 7.92. The molecule has 1 aromatic heterocycles. The van der Waals surface area contributed by atoms with E-state index in [2.05, 4.69) is 4.98 Å². The minimum atomic E-state index is -3.09. The fourth-order valence-corrected chi connectivity index (χ4v) is 2.47. The van der Waals surface area contributed by atoms with Crippen molar-refractivity contribution in [3.8, 4) is 0 Å². The third kappa shape index (κ3) is 2.98. The molecule has 0 unspecified atom stereocenters. The van der Waals surface area contributed by atoms with Crippen LogP contribution in [-0.2, 0) is 22.3 Å². The first kappa shape index (κ1) is 13.5. The molecule has 0 aromatic carbocycles. The van der Waals surface area contributed by atoms with Crippen LogP contribution in [0.25, 0.3) is 0 Å². The number of nitrogens with zero attached hydrogens (tertiary/aromatic N) is 2. The van der Waals surface area contributed by atoms with Crippen molar-refractivity contribution in [1.29, 1.82) is 0 Å². The van der Waals surface area contributed by atoms with Gasteiger partial charge in [-0.1, -0.05) is 0 Å². The summed E-state index contributed by atoms with van der Waals surface area (Å²) in [5, 5.41) is 0. The molecule has 0 spiro atoms. The maximum atomic E-state index is 11.9. The minimum Gasteiger partial charge on any atom is -0.333 e. The van der Waals surface area contributed by atoms with E-state index >= 15 is 0 Å². The molecule has 0 saturated heterocycles. The molecule has 4 nitrogen and oxygen atoms in total. The summed E-state index contributed by atoms with van der Waals surface area (Å²) in [5.41, 5.74) is 0. The molecule has 0 N–H and O–H groups in total. The average molecular weight is 265 g/mol. The number of imidazole rings is 1. The van der Waals surface area contributed by atoms with Crippen LogP contribution < -0.4 is 0 Å². The normalized spacial score (nSPS) is 13.0. The predicted octanol–water partition coefficient (Wildman–Crippen LogP) is 1.84. The van der Waals surface area contributed by atoms with Gasteiger partial charge in [-0.15, -0.1) is 11.6 Å². The van der Waals surface area contributed by atoms with E-state index in [9.17, 15) is 8.42 Å². The van der Waals surface area contributed by atoms with E-state index in [0.29, 0.717) is 18.2 Å². The van der Waals surface area contributed by atoms with Crippen LogP contribution in [-0.4, -0.2) is 28.5 Å². The van der Waals surface area contributed by atoms with Crippen molar-refractivity contribution in [2.24, 2.45) is 0 Å². The van der Waals surface area contributed by atoms with Gasteiger partial charge in [0.15, 0.2) is 9.84 Å². The fourth-order valence-electron chi connectivity index (χ4n) is 1.20. The molecule has 0 amide bonds. The van der Waals surface area contributed by atoms with Gasteiger partial charge in [-0.25, -0.2) is 13.4 Å². The maximum absolute atomic E-state index is 11.9. The lowest BCUT2D eigenvalue weighted by molar-refractivity contribution is 0.552. The highest BCUT2D eigenvalue weighted by atomic mass is 35.5. The Labute approximate surface area is 102 Å². The molecule has 0 aliphatic carbocycles. The van der Waals surface area contributed by atoms with Crippen molar-refractivity contribution >= 4 is 21.4 Å². The molecule has 92 valence electrons. The van der Waals surface area contributed by atoms with E-state index in [1.165, 1.54) is 0 Å². The van der Waals surface area contributed by atoms with E-state index in [-0.39, 0.29) is 5.75 Å². The number of sulfone groups is 1. The van der Waals surface area contributed by atoms with Gasteiger partial charge in [-0.3, -0.25) is 0 Å². The molecule has 0 saturated carbocycles. The third-order valence-corrected chi connectivity index (χ3v) is 5.28. The van der Waals surface area contributed by atoms with Crippen molar-refractivity contribution in [2.75, 3.05) is 5.75 Å². The molecular formula is C10H17ClN2O2S. The Morgan fingerprint density at radius 3 is 2.56 bits per heavy atom. The van der Waals surface area contributed by atoms with Crippen molar-refractivity contribution in [3.63, 3.8) is 0 Å². The highest BCUT2D eigenvalue weighted by Gasteiger charge is 2.28. The lowest BCUT2D eigenvalue weighted by Crippen LogP contribution is -2.32. The van der Waals surface area contributed by atoms with Crippen LogP contribution in [0.5, 0.6) is 0 Å². The van der Waals surface area contributed by atoms with Crippen molar-refractivity contribution < 1.29 is 8.42 Å². The lowest BCUT2D eigenvalue weighted by Gasteiger charge is -2.19. The molecule has 16 heavy (non-hydrogen) atoms. The van der Waals surface area contributed by atoms with E-state index in [0.717, 1.165) is 0 Å². The van der Waals surface area contributed by atoms with Gasteiger partial charge in [-0.2, -0.15) is 0 Å². The summed E-state index contributed by atoms with van der Waals surface area (Å²) in [5.74, 6) is 1.10. The maximum Gasteiger partial charge on any atom is 0.156 e. The summed E-state index contributed by atoms with van der Waals surface area (Å²) in [6.07, 6.45) is 3.37. The summed E-state index contributed by atoms with van der Waals surface area (Å²) >= 11 is 5.68. The van der Waals surface area contributed by atoms with Crippen LogP contribution in [0.4, 0.5) is 0 Å². The van der Waals surface area contributed by atoms with Crippen LogP contribution in [0.2, 0.25) is 0 Å². The van der Waals surface area contributed by atoms with E-state index in [1.54, 1.807) is 37.7 Å². The van der Waals surface area contributed by atoms with Crippen molar-refractivity contribution in [3.05, 3.63) is 18.2 Å². The predicted molar refractivity (Wildman–Crippen MR) is 65.3 cm³/mol. The van der Waals surface area contributed by atoms with Crippen molar-refractivity contribution in [2.45, 2.75) is 37.9 Å². The van der Waals surface area contributed by atoms with Crippen molar-refractivity contribution in [1.82, 2.24) is 9.55 Å². The lowest BCUT2D eigenvalue weighted by atomic mass is 10.3. The Balaban J connectivity index is 2.73. The Bertz CT molecular complexity index is 446. The number of alkyl halides is 1. The molecule has 1 rings (SSSR count). The Hall–Kier alpha value is -0.550. The average Bonchev–Trinajstić information content (AvgIpc) is 2.60. The zero-order chi connectivity index (χ0) is 12.4. The van der Waals surface area contributed by atoms with Gasteiger partial charge in [0, 0.05) is 18.9 Å². The summed E-state index contributed by atoms with van der Waals surface area (Å²) in [4.78, 5) is 4.03. The minimum absolute atomic E-state index is 0.108. The standard InChI is InChI=1S/C10H17ClN2O2S/c1-10(2,3)16(14,15)7-6-13-5-4-12-9(13)8-11/h4-5H,6-8H2,1-3H3. The first-order valence-electron chi connectivity index (χ1n) is 5.06. The highest BCUT2D eigenvalue weighted by Crippen LogP contribution is 2.16. The van der Waals surface area contributed by atoms with Gasteiger partial charge >= 0.3 is 0 Å². The molecular weight excluding hydrogens is 248 g/mol. The number of aromatic nitrogens is 2. The first-order valence-corrected chi connectivity index (χ1v) is 7.25. The molecule has 1 heterocycles. The van der Waals surface area contributed by atoms with Gasteiger partial charge in [0.05, 0.1) is 16.4 Å². The van der Waals surface area contributed by atoms with Crippen LogP contribution in [0.15, 0.2) is 12.4 Å². The fraction of sp³-hybridized carbons (Fsp3) is 0.700. The Morgan fingerprint density at radius 2 is 2.06 bits per heavy atom. The van der Waals surface area contributed by atoms with Crippen LogP contribution in [0, 0.1) is 0 Å². The van der Waals surface area contributed by atoms with E-state index in [4.69, 9.17) is 11.6 Å². The van der Waals surface area contributed by atoms with Crippen LogP contribution in [0.3, 0.4) is 0 Å². The number of halogens is 1. The molecule has 0 radical (unpaired) electrons. The quantitative estimate of drug-likeness (QED) is 0.780. The number of rotatable bonds is 4. The number of hydrogen-bond acceptors (Lipinski definition) is 3. The van der Waals surface area contributed by atoms with Gasteiger partial charge in [0.2, 0.25) is 0 Å². The van der Waals surface area contributed by atoms with Gasteiger partial charge < -0.3 is 4.57 Å². The second kappa shape index (κ2) is 4.75. The second-order valence-corrected chi connectivity index (χ2v) is 7.73. The summed E-state index contributed by atoms with van der Waals surface area (Å²) in [6, 6.07) is 0. The Morgan fingerprint density at radius 1 is 1.44 bits per heavy atom. The number of hydrogen-bond donors (Lipinski definition) is 0. The smallest absolute Gasteiger partial charge is 0.156 e. The molecule has 0 fully saturated rings. The van der Waals surface area contributed by atoms with Crippen LogP contribution >= 0.6 is 11.6 Å². The SMILES string of the molecule is CC(C)(C)S(=O)(=O)CCn1ccnc1CCl. The van der Waals surface area contributed by atoms with Gasteiger partial charge in [0.1, 0.15) is 5.82 Å².